The van der Waals surface area contributed by atoms with Gasteiger partial charge in [-0.05, 0) is 48.4 Å². The summed E-state index contributed by atoms with van der Waals surface area (Å²) in [5.74, 6) is 0.196. The molecule has 2 aromatic carbocycles. The van der Waals surface area contributed by atoms with Crippen LogP contribution in [0.25, 0.3) is 22.0 Å². The molecule has 3 N–H and O–H groups in total. The summed E-state index contributed by atoms with van der Waals surface area (Å²) in [5, 5.41) is 23.6. The van der Waals surface area contributed by atoms with Crippen LogP contribution in [0.4, 0.5) is 11.4 Å². The Morgan fingerprint density at radius 3 is 2.65 bits per heavy atom. The summed E-state index contributed by atoms with van der Waals surface area (Å²) < 4.78 is 0. The number of H-pyrrole nitrogens is 1. The van der Waals surface area contributed by atoms with Gasteiger partial charge in [-0.15, -0.1) is 0 Å². The van der Waals surface area contributed by atoms with Crippen molar-refractivity contribution in [2.75, 3.05) is 5.32 Å². The average Bonchev–Trinajstić information content (AvgIpc) is 3.14. The predicted octanol–water partition coefficient (Wildman–Crippen LogP) is 4.86. The number of phenolic OH excluding ortho intramolecular Hbond substituents is 1. The zero-order valence-corrected chi connectivity index (χ0v) is 14.1. The lowest BCUT2D eigenvalue weighted by molar-refractivity contribution is 0.475. The summed E-state index contributed by atoms with van der Waals surface area (Å²) >= 11 is 0. The molecule has 0 fully saturated rings. The number of aromatic nitrogens is 2. The number of hydrogen-bond acceptors (Lipinski definition) is 4. The van der Waals surface area contributed by atoms with E-state index in [9.17, 15) is 10.4 Å². The molecular formula is C21H16N4O. The fourth-order valence-corrected chi connectivity index (χ4v) is 3.09. The van der Waals surface area contributed by atoms with E-state index in [4.69, 9.17) is 0 Å². The number of anilines is 2. The van der Waals surface area contributed by atoms with Gasteiger partial charge in [-0.2, -0.15) is 5.26 Å². The van der Waals surface area contributed by atoms with Crippen LogP contribution in [0.15, 0.2) is 61.1 Å². The van der Waals surface area contributed by atoms with Crippen LogP contribution in [-0.4, -0.2) is 15.1 Å². The second-order valence-electron chi connectivity index (χ2n) is 6.07. The summed E-state index contributed by atoms with van der Waals surface area (Å²) in [6.07, 6.45) is 5.19. The third kappa shape index (κ3) is 2.64. The molecule has 126 valence electrons. The van der Waals surface area contributed by atoms with Crippen molar-refractivity contribution in [2.24, 2.45) is 0 Å². The molecule has 2 aromatic heterocycles. The van der Waals surface area contributed by atoms with Crippen LogP contribution in [0, 0.1) is 18.3 Å². The van der Waals surface area contributed by atoms with Gasteiger partial charge in [-0.3, -0.25) is 4.98 Å². The van der Waals surface area contributed by atoms with Gasteiger partial charge in [-0.25, -0.2) is 0 Å². The summed E-state index contributed by atoms with van der Waals surface area (Å²) in [4.78, 5) is 7.39. The molecule has 2 heterocycles. The monoisotopic (exact) mass is 340 g/mol. The third-order valence-electron chi connectivity index (χ3n) is 4.51. The molecule has 0 bridgehead atoms. The molecule has 0 amide bonds. The number of aromatic hydroxyl groups is 1. The van der Waals surface area contributed by atoms with Gasteiger partial charge in [0.15, 0.2) is 0 Å². The SMILES string of the molecule is Cc1c(Nc2c(C#N)cncc2-c2ccc(O)cc2)ccc2[nH]ccc12. The zero-order chi connectivity index (χ0) is 18.1. The van der Waals surface area contributed by atoms with Crippen molar-refractivity contribution < 1.29 is 5.11 Å². The lowest BCUT2D eigenvalue weighted by atomic mass is 10.0. The van der Waals surface area contributed by atoms with Gasteiger partial charge < -0.3 is 15.4 Å². The highest BCUT2D eigenvalue weighted by atomic mass is 16.3. The van der Waals surface area contributed by atoms with E-state index in [1.165, 1.54) is 0 Å². The maximum Gasteiger partial charge on any atom is 0.115 e. The van der Waals surface area contributed by atoms with Crippen molar-refractivity contribution >= 4 is 22.3 Å². The lowest BCUT2D eigenvalue weighted by Crippen LogP contribution is -2.00. The number of nitriles is 1. The first kappa shape index (κ1) is 15.7. The van der Waals surface area contributed by atoms with Crippen LogP contribution in [0.1, 0.15) is 11.1 Å². The molecule has 4 rings (SSSR count). The van der Waals surface area contributed by atoms with Gasteiger partial charge in [0.1, 0.15) is 11.8 Å². The Morgan fingerprint density at radius 1 is 1.08 bits per heavy atom. The maximum absolute atomic E-state index is 9.54. The average molecular weight is 340 g/mol. The van der Waals surface area contributed by atoms with Crippen LogP contribution in [-0.2, 0) is 0 Å². The Morgan fingerprint density at radius 2 is 1.88 bits per heavy atom. The number of fused-ring (bicyclic) bond motifs is 1. The Bertz CT molecular complexity index is 1140. The lowest BCUT2D eigenvalue weighted by Gasteiger charge is -2.16. The highest BCUT2D eigenvalue weighted by Gasteiger charge is 2.13. The van der Waals surface area contributed by atoms with E-state index < -0.39 is 0 Å². The first-order valence-electron chi connectivity index (χ1n) is 8.18. The minimum Gasteiger partial charge on any atom is -0.508 e. The highest BCUT2D eigenvalue weighted by Crippen LogP contribution is 2.35. The van der Waals surface area contributed by atoms with E-state index in [0.29, 0.717) is 11.3 Å². The van der Waals surface area contributed by atoms with Crippen LogP contribution < -0.4 is 5.32 Å². The number of rotatable bonds is 3. The van der Waals surface area contributed by atoms with Crippen LogP contribution in [0.5, 0.6) is 5.75 Å². The van der Waals surface area contributed by atoms with Crippen molar-refractivity contribution in [1.82, 2.24) is 9.97 Å². The fraction of sp³-hybridized carbons (Fsp3) is 0.0476. The first-order chi connectivity index (χ1) is 12.7. The standard InChI is InChI=1S/C21H16N4O/c1-13-17-8-9-24-20(17)7-6-19(13)25-21-15(10-22)11-23-12-18(21)14-2-4-16(26)5-3-14/h2-9,11-12,24,26H,1H3,(H,23,25). The van der Waals surface area contributed by atoms with E-state index >= 15 is 0 Å². The fourth-order valence-electron chi connectivity index (χ4n) is 3.09. The quantitative estimate of drug-likeness (QED) is 0.497. The number of hydrogen-bond donors (Lipinski definition) is 3. The molecular weight excluding hydrogens is 324 g/mol. The summed E-state index contributed by atoms with van der Waals surface area (Å²) in [6.45, 7) is 2.05. The molecule has 4 aromatic rings. The minimum atomic E-state index is 0.196. The number of aromatic amines is 1. The van der Waals surface area contributed by atoms with Crippen molar-refractivity contribution in [3.8, 4) is 22.9 Å². The number of nitrogens with zero attached hydrogens (tertiary/aromatic N) is 2. The van der Waals surface area contributed by atoms with Gasteiger partial charge in [0.25, 0.3) is 0 Å². The molecule has 0 radical (unpaired) electrons. The maximum atomic E-state index is 9.54. The number of aryl methyl sites for hydroxylation is 1. The number of benzene rings is 2. The summed E-state index contributed by atoms with van der Waals surface area (Å²) in [6, 6.07) is 15.1. The minimum absolute atomic E-state index is 0.196. The molecule has 0 unspecified atom stereocenters. The van der Waals surface area contributed by atoms with Crippen LogP contribution >= 0.6 is 0 Å². The summed E-state index contributed by atoms with van der Waals surface area (Å²) in [5.41, 5.74) is 5.94. The van der Waals surface area contributed by atoms with E-state index in [1.54, 1.807) is 36.7 Å². The van der Waals surface area contributed by atoms with Gasteiger partial charge >= 0.3 is 0 Å². The second kappa shape index (κ2) is 6.26. The smallest absolute Gasteiger partial charge is 0.115 e. The molecule has 0 spiro atoms. The Labute approximate surface area is 150 Å². The topological polar surface area (TPSA) is 84.7 Å². The molecule has 0 saturated heterocycles. The van der Waals surface area contributed by atoms with Crippen molar-refractivity contribution in [3.63, 3.8) is 0 Å². The molecule has 0 aliphatic rings. The van der Waals surface area contributed by atoms with Gasteiger partial charge in [0.05, 0.1) is 11.3 Å². The third-order valence-corrected chi connectivity index (χ3v) is 4.51. The van der Waals surface area contributed by atoms with E-state index in [1.807, 2.05) is 31.3 Å². The van der Waals surface area contributed by atoms with Crippen LogP contribution in [0.2, 0.25) is 0 Å². The predicted molar refractivity (Wildman–Crippen MR) is 102 cm³/mol. The Kier molecular flexibility index (Phi) is 3.79. The van der Waals surface area contributed by atoms with Gasteiger partial charge in [-0.1, -0.05) is 12.1 Å². The molecule has 5 heteroatoms. The largest absolute Gasteiger partial charge is 0.508 e. The van der Waals surface area contributed by atoms with Crippen LogP contribution in [0.3, 0.4) is 0 Å². The van der Waals surface area contributed by atoms with Gasteiger partial charge in [0.2, 0.25) is 0 Å². The highest BCUT2D eigenvalue weighted by molar-refractivity contribution is 5.91. The molecule has 26 heavy (non-hydrogen) atoms. The Balaban J connectivity index is 1.86. The number of phenols is 1. The molecule has 5 nitrogen and oxygen atoms in total. The summed E-state index contributed by atoms with van der Waals surface area (Å²) in [7, 11) is 0. The number of nitrogens with one attached hydrogen (secondary N) is 2. The molecule has 0 aliphatic heterocycles. The molecule has 0 saturated carbocycles. The molecule has 0 aliphatic carbocycles. The van der Waals surface area contributed by atoms with Crippen molar-refractivity contribution in [1.29, 1.82) is 5.26 Å². The van der Waals surface area contributed by atoms with E-state index in [0.717, 1.165) is 33.3 Å². The number of pyridine rings is 1. The van der Waals surface area contributed by atoms with E-state index in [-0.39, 0.29) is 5.75 Å². The zero-order valence-electron chi connectivity index (χ0n) is 14.1. The van der Waals surface area contributed by atoms with E-state index in [2.05, 4.69) is 21.4 Å². The van der Waals surface area contributed by atoms with Gasteiger partial charge in [0, 0.05) is 40.7 Å². The van der Waals surface area contributed by atoms with Crippen molar-refractivity contribution in [3.05, 3.63) is 72.2 Å². The van der Waals surface area contributed by atoms with Crippen molar-refractivity contribution in [2.45, 2.75) is 6.92 Å². The first-order valence-corrected chi connectivity index (χ1v) is 8.18. The Hall–Kier alpha value is -3.78. The normalized spacial score (nSPS) is 10.6. The second-order valence-corrected chi connectivity index (χ2v) is 6.07. The molecule has 0 atom stereocenters.